The van der Waals surface area contributed by atoms with Crippen molar-refractivity contribution < 1.29 is 9.13 Å². The number of guanidine groups is 1. The van der Waals surface area contributed by atoms with Crippen LogP contribution in [0.25, 0.3) is 0 Å². The van der Waals surface area contributed by atoms with Crippen molar-refractivity contribution in [3.05, 3.63) is 30.1 Å². The molecule has 112 valence electrons. The molecule has 0 aliphatic carbocycles. The van der Waals surface area contributed by atoms with Gasteiger partial charge in [-0.1, -0.05) is 19.1 Å². The molecule has 1 rings (SSSR count). The minimum atomic E-state index is -0.338. The van der Waals surface area contributed by atoms with Crippen LogP contribution >= 0.6 is 0 Å². The van der Waals surface area contributed by atoms with Crippen molar-refractivity contribution in [2.24, 2.45) is 4.99 Å². The van der Waals surface area contributed by atoms with Crippen LogP contribution in [0, 0.1) is 5.82 Å². The number of rotatable bonds is 5. The predicted molar refractivity (Wildman–Crippen MR) is 80.8 cm³/mol. The highest BCUT2D eigenvalue weighted by Crippen LogP contribution is 2.18. The van der Waals surface area contributed by atoms with Gasteiger partial charge in [-0.2, -0.15) is 0 Å². The predicted octanol–water partition coefficient (Wildman–Crippen LogP) is 2.46. The van der Waals surface area contributed by atoms with E-state index in [0.29, 0.717) is 6.54 Å². The zero-order chi connectivity index (χ0) is 15.1. The van der Waals surface area contributed by atoms with Gasteiger partial charge in [-0.15, -0.1) is 0 Å². The zero-order valence-electron chi connectivity index (χ0n) is 12.9. The first-order valence-electron chi connectivity index (χ1n) is 6.76. The highest BCUT2D eigenvalue weighted by Gasteiger charge is 2.12. The molecule has 0 aliphatic heterocycles. The molecule has 1 aromatic carbocycles. The lowest BCUT2D eigenvalue weighted by Crippen LogP contribution is -2.36. The third-order valence-electron chi connectivity index (χ3n) is 2.82. The second-order valence-corrected chi connectivity index (χ2v) is 5.01. The molecule has 0 spiro atoms. The first-order chi connectivity index (χ1) is 9.45. The number of hydrogen-bond donors (Lipinski definition) is 0. The summed E-state index contributed by atoms with van der Waals surface area (Å²) < 4.78 is 19.2. The van der Waals surface area contributed by atoms with Crippen molar-refractivity contribution in [1.82, 2.24) is 9.80 Å². The van der Waals surface area contributed by atoms with Gasteiger partial charge in [0.2, 0.25) is 0 Å². The Kier molecular flexibility index (Phi) is 6.28. The number of aliphatic imine (C=N–C) groups is 1. The summed E-state index contributed by atoms with van der Waals surface area (Å²) in [5.41, 5.74) is 0. The first kappa shape index (κ1) is 16.3. The average molecular weight is 281 g/mol. The molecule has 0 aromatic heterocycles. The van der Waals surface area contributed by atoms with E-state index in [1.54, 1.807) is 18.2 Å². The third-order valence-corrected chi connectivity index (χ3v) is 2.82. The van der Waals surface area contributed by atoms with Crippen LogP contribution in [0.15, 0.2) is 29.3 Å². The highest BCUT2D eigenvalue weighted by molar-refractivity contribution is 5.79. The largest absolute Gasteiger partial charge is 0.485 e. The van der Waals surface area contributed by atoms with Gasteiger partial charge in [0, 0.05) is 28.2 Å². The summed E-state index contributed by atoms with van der Waals surface area (Å²) in [7, 11) is 7.77. The summed E-state index contributed by atoms with van der Waals surface area (Å²) in [6.45, 7) is 2.50. The van der Waals surface area contributed by atoms with Gasteiger partial charge >= 0.3 is 0 Å². The minimum absolute atomic E-state index is 0.137. The fourth-order valence-electron chi connectivity index (χ4n) is 1.84. The number of nitrogens with zero attached hydrogens (tertiary/aromatic N) is 3. The summed E-state index contributed by atoms with van der Waals surface area (Å²) in [4.78, 5) is 8.42. The van der Waals surface area contributed by atoms with Gasteiger partial charge in [0.15, 0.2) is 17.5 Å². The minimum Gasteiger partial charge on any atom is -0.485 e. The van der Waals surface area contributed by atoms with Crippen LogP contribution in [-0.4, -0.2) is 56.6 Å². The molecule has 0 fully saturated rings. The van der Waals surface area contributed by atoms with Crippen molar-refractivity contribution in [2.75, 3.05) is 34.7 Å². The second-order valence-electron chi connectivity index (χ2n) is 5.01. The van der Waals surface area contributed by atoms with Crippen molar-refractivity contribution in [3.8, 4) is 5.75 Å². The summed E-state index contributed by atoms with van der Waals surface area (Å²) in [5.74, 6) is 0.807. The summed E-state index contributed by atoms with van der Waals surface area (Å²) in [6, 6.07) is 6.45. The van der Waals surface area contributed by atoms with E-state index < -0.39 is 0 Å². The van der Waals surface area contributed by atoms with Gasteiger partial charge in [-0.05, 0) is 18.6 Å². The summed E-state index contributed by atoms with van der Waals surface area (Å²) >= 11 is 0. The van der Waals surface area contributed by atoms with E-state index in [4.69, 9.17) is 4.74 Å². The van der Waals surface area contributed by atoms with Crippen molar-refractivity contribution in [3.63, 3.8) is 0 Å². The molecular weight excluding hydrogens is 257 g/mol. The fourth-order valence-corrected chi connectivity index (χ4v) is 1.84. The van der Waals surface area contributed by atoms with Gasteiger partial charge in [0.1, 0.15) is 6.10 Å². The Balaban J connectivity index is 2.73. The number of para-hydroxylation sites is 1. The van der Waals surface area contributed by atoms with Crippen molar-refractivity contribution in [1.29, 1.82) is 0 Å². The molecule has 1 unspecified atom stereocenters. The molecule has 1 atom stereocenters. The van der Waals surface area contributed by atoms with E-state index in [1.807, 2.05) is 44.9 Å². The highest BCUT2D eigenvalue weighted by atomic mass is 19.1. The lowest BCUT2D eigenvalue weighted by molar-refractivity contribution is 0.196. The molecular formula is C15H24FN3O. The van der Waals surface area contributed by atoms with Gasteiger partial charge in [0.25, 0.3) is 0 Å². The fraction of sp³-hybridized carbons (Fsp3) is 0.533. The molecule has 0 radical (unpaired) electrons. The number of hydrogen-bond acceptors (Lipinski definition) is 2. The van der Waals surface area contributed by atoms with Crippen LogP contribution in [0.3, 0.4) is 0 Å². The lowest BCUT2D eigenvalue weighted by Gasteiger charge is -2.24. The van der Waals surface area contributed by atoms with Gasteiger partial charge in [-0.25, -0.2) is 9.38 Å². The van der Waals surface area contributed by atoms with Crippen LogP contribution in [0.1, 0.15) is 13.3 Å². The van der Waals surface area contributed by atoms with Crippen LogP contribution in [-0.2, 0) is 0 Å². The van der Waals surface area contributed by atoms with Crippen LogP contribution in [0.4, 0.5) is 4.39 Å². The average Bonchev–Trinajstić information content (AvgIpc) is 2.39. The molecule has 0 N–H and O–H groups in total. The Morgan fingerprint density at radius 3 is 2.30 bits per heavy atom. The molecule has 0 aliphatic rings. The Bertz CT molecular complexity index is 436. The molecule has 0 bridgehead atoms. The maximum atomic E-state index is 13.6. The number of ether oxygens (including phenoxy) is 1. The van der Waals surface area contributed by atoms with Crippen LogP contribution in [0.2, 0.25) is 0 Å². The SMILES string of the molecule is CCC(CN=C(N(C)C)N(C)C)Oc1ccccc1F. The topological polar surface area (TPSA) is 28.1 Å². The maximum Gasteiger partial charge on any atom is 0.195 e. The lowest BCUT2D eigenvalue weighted by atomic mass is 10.2. The molecule has 20 heavy (non-hydrogen) atoms. The van der Waals surface area contributed by atoms with Crippen molar-refractivity contribution >= 4 is 5.96 Å². The van der Waals surface area contributed by atoms with E-state index in [9.17, 15) is 4.39 Å². The van der Waals surface area contributed by atoms with Crippen LogP contribution in [0.5, 0.6) is 5.75 Å². The van der Waals surface area contributed by atoms with E-state index in [2.05, 4.69) is 4.99 Å². The zero-order valence-corrected chi connectivity index (χ0v) is 12.9. The summed E-state index contributed by atoms with van der Waals surface area (Å²) in [6.07, 6.45) is 0.633. The van der Waals surface area contributed by atoms with E-state index in [-0.39, 0.29) is 17.7 Å². The molecule has 0 amide bonds. The molecule has 4 nitrogen and oxygen atoms in total. The Labute approximate surface area is 120 Å². The van der Waals surface area contributed by atoms with E-state index >= 15 is 0 Å². The standard InChI is InChI=1S/C15H24FN3O/c1-6-12(11-17-15(18(2)3)19(4)5)20-14-10-8-7-9-13(14)16/h7-10,12H,6,11H2,1-5H3. The number of benzene rings is 1. The normalized spacial score (nSPS) is 11.7. The Morgan fingerprint density at radius 1 is 1.20 bits per heavy atom. The quantitative estimate of drug-likeness (QED) is 0.613. The number of halogens is 1. The van der Waals surface area contributed by atoms with Crippen LogP contribution < -0.4 is 4.74 Å². The molecule has 0 heterocycles. The molecule has 1 aromatic rings. The Hall–Kier alpha value is -1.78. The molecule has 5 heteroatoms. The van der Waals surface area contributed by atoms with Crippen molar-refractivity contribution in [2.45, 2.75) is 19.4 Å². The Morgan fingerprint density at radius 2 is 1.80 bits per heavy atom. The first-order valence-corrected chi connectivity index (χ1v) is 6.76. The second kappa shape index (κ2) is 7.72. The van der Waals surface area contributed by atoms with Gasteiger partial charge < -0.3 is 14.5 Å². The van der Waals surface area contributed by atoms with Gasteiger partial charge in [-0.3, -0.25) is 0 Å². The third kappa shape index (κ3) is 4.72. The summed E-state index contributed by atoms with van der Waals surface area (Å²) in [5, 5.41) is 0. The molecule has 0 saturated carbocycles. The smallest absolute Gasteiger partial charge is 0.195 e. The van der Waals surface area contributed by atoms with Gasteiger partial charge in [0.05, 0.1) is 6.54 Å². The molecule has 0 saturated heterocycles. The van der Waals surface area contributed by atoms with E-state index in [0.717, 1.165) is 12.4 Å². The monoisotopic (exact) mass is 281 g/mol. The maximum absolute atomic E-state index is 13.6. The van der Waals surface area contributed by atoms with E-state index in [1.165, 1.54) is 6.07 Å².